The largest absolute Gasteiger partial charge is 1.00 e. The van der Waals surface area contributed by atoms with Gasteiger partial charge < -0.3 is 24.0 Å². The maximum absolute atomic E-state index is 5.43. The van der Waals surface area contributed by atoms with Crippen LogP contribution in [-0.2, 0) is 6.54 Å². The SMILES string of the molecule is CCCC[n+]1cc(C)c(C)o1.[I-]. The molecule has 0 fully saturated rings. The van der Waals surface area contributed by atoms with Gasteiger partial charge in [-0.05, 0) is 18.1 Å². The first-order valence-electron chi connectivity index (χ1n) is 4.21. The molecule has 0 N–H and O–H groups in total. The zero-order valence-corrected chi connectivity index (χ0v) is 10.1. The van der Waals surface area contributed by atoms with Crippen molar-refractivity contribution < 1.29 is 33.2 Å². The Bertz CT molecular complexity index is 213. The van der Waals surface area contributed by atoms with E-state index in [2.05, 4.69) is 20.0 Å². The number of aryl methyl sites for hydroxylation is 3. The molecule has 1 aromatic heterocycles. The third-order valence-electron chi connectivity index (χ3n) is 1.88. The van der Waals surface area contributed by atoms with Crippen molar-refractivity contribution >= 4 is 0 Å². The van der Waals surface area contributed by atoms with Gasteiger partial charge >= 0.3 is 0 Å². The summed E-state index contributed by atoms with van der Waals surface area (Å²) in [7, 11) is 0. The minimum Gasteiger partial charge on any atom is -1.00 e. The van der Waals surface area contributed by atoms with Crippen molar-refractivity contribution in [2.45, 2.75) is 40.2 Å². The summed E-state index contributed by atoms with van der Waals surface area (Å²) in [6.07, 6.45) is 4.47. The Morgan fingerprint density at radius 1 is 1.42 bits per heavy atom. The van der Waals surface area contributed by atoms with Gasteiger partial charge in [0.15, 0.2) is 12.3 Å². The first-order valence-corrected chi connectivity index (χ1v) is 4.21. The molecule has 3 heteroatoms. The van der Waals surface area contributed by atoms with Gasteiger partial charge in [0.05, 0.1) is 5.56 Å². The lowest BCUT2D eigenvalue weighted by molar-refractivity contribution is -0.864. The maximum atomic E-state index is 5.43. The second kappa shape index (κ2) is 5.56. The van der Waals surface area contributed by atoms with Crippen LogP contribution in [0, 0.1) is 13.8 Å². The van der Waals surface area contributed by atoms with E-state index in [1.807, 2.05) is 11.7 Å². The third-order valence-corrected chi connectivity index (χ3v) is 1.88. The van der Waals surface area contributed by atoms with Crippen molar-refractivity contribution in [2.75, 3.05) is 0 Å². The highest BCUT2D eigenvalue weighted by Crippen LogP contribution is 2.01. The molecule has 0 saturated carbocycles. The molecule has 1 heterocycles. The molecule has 70 valence electrons. The van der Waals surface area contributed by atoms with Crippen molar-refractivity contribution in [3.63, 3.8) is 0 Å². The van der Waals surface area contributed by atoms with Crippen LogP contribution < -0.4 is 28.7 Å². The summed E-state index contributed by atoms with van der Waals surface area (Å²) < 4.78 is 7.34. The lowest BCUT2D eigenvalue weighted by Gasteiger charge is -1.84. The van der Waals surface area contributed by atoms with Crippen LogP contribution in [0.15, 0.2) is 10.7 Å². The van der Waals surface area contributed by atoms with Gasteiger partial charge in [-0.2, -0.15) is 0 Å². The van der Waals surface area contributed by atoms with Gasteiger partial charge in [-0.1, -0.05) is 6.92 Å². The Labute approximate surface area is 90.9 Å². The molecule has 0 unspecified atom stereocenters. The molecule has 0 aliphatic heterocycles. The number of hydrogen-bond donors (Lipinski definition) is 0. The molecular formula is C9H16INO. The average Bonchev–Trinajstić information content (AvgIpc) is 2.28. The summed E-state index contributed by atoms with van der Waals surface area (Å²) in [5.41, 5.74) is 1.24. The van der Waals surface area contributed by atoms with Crippen LogP contribution in [0.25, 0.3) is 0 Å². The second-order valence-corrected chi connectivity index (χ2v) is 2.95. The molecule has 0 spiro atoms. The molecule has 0 saturated heterocycles. The topological polar surface area (TPSA) is 17.0 Å². The summed E-state index contributed by atoms with van der Waals surface area (Å²) in [4.78, 5) is 0. The van der Waals surface area contributed by atoms with E-state index in [1.165, 1.54) is 18.4 Å². The zero-order valence-electron chi connectivity index (χ0n) is 7.93. The van der Waals surface area contributed by atoms with Crippen LogP contribution in [0.2, 0.25) is 0 Å². The number of rotatable bonds is 3. The van der Waals surface area contributed by atoms with E-state index in [9.17, 15) is 0 Å². The Morgan fingerprint density at radius 3 is 2.50 bits per heavy atom. The summed E-state index contributed by atoms with van der Waals surface area (Å²) in [5, 5.41) is 0. The highest BCUT2D eigenvalue weighted by Gasteiger charge is 2.08. The lowest BCUT2D eigenvalue weighted by atomic mass is 10.3. The van der Waals surface area contributed by atoms with E-state index in [1.54, 1.807) is 0 Å². The van der Waals surface area contributed by atoms with Crippen molar-refractivity contribution in [1.82, 2.24) is 0 Å². The van der Waals surface area contributed by atoms with E-state index in [0.29, 0.717) is 0 Å². The Hall–Kier alpha value is -0.0600. The number of hydrogen-bond acceptors (Lipinski definition) is 1. The van der Waals surface area contributed by atoms with Gasteiger partial charge in [-0.15, -0.1) is 0 Å². The highest BCUT2D eigenvalue weighted by atomic mass is 127. The molecule has 12 heavy (non-hydrogen) atoms. The minimum atomic E-state index is 0. The van der Waals surface area contributed by atoms with Gasteiger partial charge in [0.2, 0.25) is 6.20 Å². The van der Waals surface area contributed by atoms with E-state index in [4.69, 9.17) is 4.52 Å². The Morgan fingerprint density at radius 2 is 2.08 bits per heavy atom. The van der Waals surface area contributed by atoms with E-state index < -0.39 is 0 Å². The summed E-state index contributed by atoms with van der Waals surface area (Å²) in [5.74, 6) is 1.03. The van der Waals surface area contributed by atoms with Crippen molar-refractivity contribution in [3.05, 3.63) is 17.5 Å². The summed E-state index contributed by atoms with van der Waals surface area (Å²) >= 11 is 0. The Balaban J connectivity index is 0.00000121. The number of unbranched alkanes of at least 4 members (excludes halogenated alkanes) is 1. The number of aromatic nitrogens is 1. The fraction of sp³-hybridized carbons (Fsp3) is 0.667. The van der Waals surface area contributed by atoms with Crippen LogP contribution in [0.4, 0.5) is 0 Å². The molecule has 0 bridgehead atoms. The molecule has 0 aliphatic rings. The molecule has 0 aliphatic carbocycles. The van der Waals surface area contributed by atoms with Gasteiger partial charge in [0, 0.05) is 13.3 Å². The van der Waals surface area contributed by atoms with Crippen LogP contribution in [0.1, 0.15) is 31.1 Å². The van der Waals surface area contributed by atoms with Gasteiger partial charge in [0.25, 0.3) is 0 Å². The van der Waals surface area contributed by atoms with Gasteiger partial charge in [-0.3, -0.25) is 0 Å². The molecule has 2 nitrogen and oxygen atoms in total. The predicted octanol–water partition coefficient (Wildman–Crippen LogP) is -1.01. The Kier molecular flexibility index (Phi) is 5.53. The van der Waals surface area contributed by atoms with Gasteiger partial charge in [0.1, 0.15) is 0 Å². The fourth-order valence-corrected chi connectivity index (χ4v) is 1.01. The molecule has 0 amide bonds. The highest BCUT2D eigenvalue weighted by molar-refractivity contribution is 5.05. The van der Waals surface area contributed by atoms with Crippen molar-refractivity contribution in [3.8, 4) is 0 Å². The minimum absolute atomic E-state index is 0. The van der Waals surface area contributed by atoms with E-state index in [-0.39, 0.29) is 24.0 Å². The van der Waals surface area contributed by atoms with Crippen LogP contribution >= 0.6 is 0 Å². The number of nitrogens with zero attached hydrogens (tertiary/aromatic N) is 1. The van der Waals surface area contributed by atoms with E-state index in [0.717, 1.165) is 12.3 Å². The number of halogens is 1. The fourth-order valence-electron chi connectivity index (χ4n) is 1.01. The summed E-state index contributed by atoms with van der Waals surface area (Å²) in [6.45, 7) is 7.26. The molecule has 0 aromatic carbocycles. The van der Waals surface area contributed by atoms with Crippen LogP contribution in [-0.4, -0.2) is 0 Å². The van der Waals surface area contributed by atoms with E-state index >= 15 is 0 Å². The molecular weight excluding hydrogens is 265 g/mol. The van der Waals surface area contributed by atoms with Gasteiger partial charge in [-0.25, -0.2) is 4.52 Å². The monoisotopic (exact) mass is 281 g/mol. The molecule has 0 radical (unpaired) electrons. The van der Waals surface area contributed by atoms with Crippen LogP contribution in [0.5, 0.6) is 0 Å². The third kappa shape index (κ3) is 3.13. The maximum Gasteiger partial charge on any atom is 0.222 e. The molecule has 0 atom stereocenters. The quantitative estimate of drug-likeness (QED) is 0.512. The zero-order chi connectivity index (χ0) is 8.27. The van der Waals surface area contributed by atoms with Crippen molar-refractivity contribution in [1.29, 1.82) is 0 Å². The normalized spacial score (nSPS) is 9.58. The molecule has 1 aromatic rings. The van der Waals surface area contributed by atoms with Crippen LogP contribution in [0.3, 0.4) is 0 Å². The standard InChI is InChI=1S/C9H16NO.HI/c1-4-5-6-10-7-8(2)9(3)11-10;/h7H,4-6H2,1-3H3;1H/q+1;/p-1. The van der Waals surface area contributed by atoms with Crippen molar-refractivity contribution in [2.24, 2.45) is 0 Å². The smallest absolute Gasteiger partial charge is 0.222 e. The second-order valence-electron chi connectivity index (χ2n) is 2.95. The summed E-state index contributed by atoms with van der Waals surface area (Å²) in [6, 6.07) is 0. The lowest BCUT2D eigenvalue weighted by Crippen LogP contribution is -3.00. The average molecular weight is 281 g/mol. The first-order chi connectivity index (χ1) is 5.24. The first kappa shape index (κ1) is 11.9. The molecule has 1 rings (SSSR count). The predicted molar refractivity (Wildman–Crippen MR) is 43.3 cm³/mol.